The molecule has 0 radical (unpaired) electrons. The molecular weight excluding hydrogens is 197 g/mol. The van der Waals surface area contributed by atoms with E-state index in [1.54, 1.807) is 12.1 Å². The maximum Gasteiger partial charge on any atom is 0.139 e. The summed E-state index contributed by atoms with van der Waals surface area (Å²) < 4.78 is 18.0. The van der Waals surface area contributed by atoms with Crippen molar-refractivity contribution in [2.75, 3.05) is 13.2 Å². The van der Waals surface area contributed by atoms with E-state index in [1.165, 1.54) is 12.1 Å². The van der Waals surface area contributed by atoms with E-state index < -0.39 is 0 Å². The van der Waals surface area contributed by atoms with E-state index in [1.807, 2.05) is 0 Å². The average molecular weight is 209 g/mol. The van der Waals surface area contributed by atoms with Gasteiger partial charge in [-0.2, -0.15) is 0 Å². The highest BCUT2D eigenvalue weighted by atomic mass is 19.1. The number of hydrogen-bond donors (Lipinski definition) is 1. The fourth-order valence-electron chi connectivity index (χ4n) is 1.63. The second-order valence-electron chi connectivity index (χ2n) is 3.55. The molecule has 1 fully saturated rings. The number of aldehydes is 1. The monoisotopic (exact) mass is 209 g/mol. The zero-order valence-electron chi connectivity index (χ0n) is 8.15. The van der Waals surface area contributed by atoms with Crippen LogP contribution in [0.4, 0.5) is 4.39 Å². The van der Waals surface area contributed by atoms with Gasteiger partial charge in [-0.25, -0.2) is 4.39 Å². The first-order valence-corrected chi connectivity index (χ1v) is 4.84. The van der Waals surface area contributed by atoms with E-state index in [2.05, 4.69) is 5.32 Å². The molecule has 80 valence electrons. The summed E-state index contributed by atoms with van der Waals surface area (Å²) in [7, 11) is 0. The number of benzene rings is 1. The molecule has 1 aliphatic rings. The lowest BCUT2D eigenvalue weighted by Gasteiger charge is -2.28. The standard InChI is InChI=1S/C11H12FNO2/c12-9-3-1-8(2-4-9)11-7-15-6-10(5-14)13-11/h1-5,10-11,13H,6-7H2/t10?,11-/m0/s1. The number of morpholine rings is 1. The Kier molecular flexibility index (Phi) is 3.08. The van der Waals surface area contributed by atoms with E-state index in [-0.39, 0.29) is 17.9 Å². The van der Waals surface area contributed by atoms with Crippen LogP contribution < -0.4 is 5.32 Å². The van der Waals surface area contributed by atoms with Gasteiger partial charge in [0.15, 0.2) is 0 Å². The molecular formula is C11H12FNO2. The molecule has 15 heavy (non-hydrogen) atoms. The number of hydrogen-bond acceptors (Lipinski definition) is 3. The second kappa shape index (κ2) is 4.51. The maximum atomic E-state index is 12.7. The number of halogens is 1. The summed E-state index contributed by atoms with van der Waals surface area (Å²) in [6.45, 7) is 0.914. The molecule has 1 saturated heterocycles. The van der Waals surface area contributed by atoms with Crippen LogP contribution in [-0.4, -0.2) is 25.5 Å². The van der Waals surface area contributed by atoms with Gasteiger partial charge in [-0.3, -0.25) is 5.32 Å². The lowest BCUT2D eigenvalue weighted by atomic mass is 10.1. The first kappa shape index (κ1) is 10.3. The lowest BCUT2D eigenvalue weighted by molar-refractivity contribution is -0.112. The van der Waals surface area contributed by atoms with Crippen molar-refractivity contribution in [1.29, 1.82) is 0 Å². The predicted molar refractivity (Wildman–Crippen MR) is 52.9 cm³/mol. The predicted octanol–water partition coefficient (Wildman–Crippen LogP) is 1.05. The zero-order valence-corrected chi connectivity index (χ0v) is 8.15. The first-order valence-electron chi connectivity index (χ1n) is 4.84. The summed E-state index contributed by atoms with van der Waals surface area (Å²) in [4.78, 5) is 10.6. The quantitative estimate of drug-likeness (QED) is 0.740. The Bertz CT molecular complexity index is 339. The fraction of sp³-hybridized carbons (Fsp3) is 0.364. The van der Waals surface area contributed by atoms with Gasteiger partial charge < -0.3 is 9.53 Å². The van der Waals surface area contributed by atoms with Crippen LogP contribution >= 0.6 is 0 Å². The fourth-order valence-corrected chi connectivity index (χ4v) is 1.63. The summed E-state index contributed by atoms with van der Waals surface area (Å²) in [6, 6.07) is 5.90. The molecule has 1 aliphatic heterocycles. The molecule has 0 saturated carbocycles. The van der Waals surface area contributed by atoms with Gasteiger partial charge in [0, 0.05) is 0 Å². The minimum absolute atomic E-state index is 0.0328. The van der Waals surface area contributed by atoms with E-state index in [4.69, 9.17) is 4.74 Å². The molecule has 1 N–H and O–H groups in total. The van der Waals surface area contributed by atoms with Gasteiger partial charge in [-0.1, -0.05) is 12.1 Å². The molecule has 1 aromatic carbocycles. The maximum absolute atomic E-state index is 12.7. The summed E-state index contributed by atoms with van der Waals surface area (Å²) in [5, 5.41) is 3.12. The van der Waals surface area contributed by atoms with Crippen molar-refractivity contribution in [2.45, 2.75) is 12.1 Å². The summed E-state index contributed by atoms with van der Waals surface area (Å²) in [5.41, 5.74) is 0.933. The highest BCUT2D eigenvalue weighted by molar-refractivity contribution is 5.58. The van der Waals surface area contributed by atoms with E-state index in [9.17, 15) is 9.18 Å². The van der Waals surface area contributed by atoms with Crippen molar-refractivity contribution >= 4 is 6.29 Å². The third-order valence-corrected chi connectivity index (χ3v) is 2.43. The number of nitrogens with one attached hydrogen (secondary N) is 1. The molecule has 0 amide bonds. The Labute approximate surface area is 87.2 Å². The number of ether oxygens (including phenoxy) is 1. The van der Waals surface area contributed by atoms with Crippen LogP contribution in [0.25, 0.3) is 0 Å². The molecule has 0 bridgehead atoms. The van der Waals surface area contributed by atoms with Crippen LogP contribution in [0.1, 0.15) is 11.6 Å². The first-order chi connectivity index (χ1) is 7.29. The van der Waals surface area contributed by atoms with Gasteiger partial charge in [0.25, 0.3) is 0 Å². The van der Waals surface area contributed by atoms with Crippen LogP contribution in [0.3, 0.4) is 0 Å². The van der Waals surface area contributed by atoms with Gasteiger partial charge in [0.2, 0.25) is 0 Å². The van der Waals surface area contributed by atoms with Gasteiger partial charge in [-0.15, -0.1) is 0 Å². The summed E-state index contributed by atoms with van der Waals surface area (Å²) in [6.07, 6.45) is 0.829. The van der Waals surface area contributed by atoms with Crippen LogP contribution in [-0.2, 0) is 9.53 Å². The molecule has 4 heteroatoms. The summed E-state index contributed by atoms with van der Waals surface area (Å²) in [5.74, 6) is -0.262. The zero-order chi connectivity index (χ0) is 10.7. The number of carbonyl (C=O) groups excluding carboxylic acids is 1. The van der Waals surface area contributed by atoms with Crippen molar-refractivity contribution in [3.63, 3.8) is 0 Å². The van der Waals surface area contributed by atoms with Crippen LogP contribution in [0.2, 0.25) is 0 Å². The van der Waals surface area contributed by atoms with Crippen LogP contribution in [0, 0.1) is 5.82 Å². The van der Waals surface area contributed by atoms with Crippen molar-refractivity contribution in [2.24, 2.45) is 0 Å². The average Bonchev–Trinajstić information content (AvgIpc) is 2.30. The minimum atomic E-state index is -0.270. The number of rotatable bonds is 2. The molecule has 2 atom stereocenters. The SMILES string of the molecule is O=CC1COC[C@@H](c2ccc(F)cc2)N1. The van der Waals surface area contributed by atoms with E-state index in [0.29, 0.717) is 13.2 Å². The molecule has 0 aliphatic carbocycles. The van der Waals surface area contributed by atoms with Gasteiger partial charge in [-0.05, 0) is 17.7 Å². The largest absolute Gasteiger partial charge is 0.377 e. The smallest absolute Gasteiger partial charge is 0.139 e. The molecule has 1 heterocycles. The summed E-state index contributed by atoms with van der Waals surface area (Å²) >= 11 is 0. The molecule has 3 nitrogen and oxygen atoms in total. The van der Waals surface area contributed by atoms with Crippen molar-refractivity contribution in [3.05, 3.63) is 35.6 Å². The van der Waals surface area contributed by atoms with Crippen molar-refractivity contribution in [1.82, 2.24) is 5.32 Å². The van der Waals surface area contributed by atoms with Gasteiger partial charge >= 0.3 is 0 Å². The van der Waals surface area contributed by atoms with Crippen molar-refractivity contribution in [3.8, 4) is 0 Å². The Balaban J connectivity index is 2.09. The number of carbonyl (C=O) groups is 1. The van der Waals surface area contributed by atoms with Crippen LogP contribution in [0.5, 0.6) is 0 Å². The van der Waals surface area contributed by atoms with E-state index >= 15 is 0 Å². The Hall–Kier alpha value is -1.26. The minimum Gasteiger partial charge on any atom is -0.377 e. The van der Waals surface area contributed by atoms with Crippen LogP contribution in [0.15, 0.2) is 24.3 Å². The van der Waals surface area contributed by atoms with Crippen molar-refractivity contribution < 1.29 is 13.9 Å². The van der Waals surface area contributed by atoms with Gasteiger partial charge in [0.1, 0.15) is 12.1 Å². The third-order valence-electron chi connectivity index (χ3n) is 2.43. The Morgan fingerprint density at radius 1 is 1.33 bits per heavy atom. The lowest BCUT2D eigenvalue weighted by Crippen LogP contribution is -2.44. The molecule has 0 aromatic heterocycles. The molecule has 0 spiro atoms. The molecule has 2 rings (SSSR count). The highest BCUT2D eigenvalue weighted by Gasteiger charge is 2.21. The Morgan fingerprint density at radius 3 is 2.73 bits per heavy atom. The second-order valence-corrected chi connectivity index (χ2v) is 3.55. The molecule has 1 unspecified atom stereocenters. The highest BCUT2D eigenvalue weighted by Crippen LogP contribution is 2.17. The van der Waals surface area contributed by atoms with Gasteiger partial charge in [0.05, 0.1) is 25.3 Å². The third kappa shape index (κ3) is 2.40. The topological polar surface area (TPSA) is 38.3 Å². The Morgan fingerprint density at radius 2 is 2.07 bits per heavy atom. The normalized spacial score (nSPS) is 26.2. The van der Waals surface area contributed by atoms with E-state index in [0.717, 1.165) is 11.8 Å². The molecule has 1 aromatic rings.